The van der Waals surface area contributed by atoms with E-state index in [1.54, 1.807) is 11.1 Å². The van der Waals surface area contributed by atoms with Gasteiger partial charge >= 0.3 is 150 Å². The summed E-state index contributed by atoms with van der Waals surface area (Å²) in [6, 6.07) is 11.7. The molecule has 0 radical (unpaired) electrons. The molecule has 0 unspecified atom stereocenters. The normalized spacial score (nSPS) is 13.9. The molecule has 0 atom stereocenters. The fourth-order valence-electron chi connectivity index (χ4n) is 3.44. The van der Waals surface area contributed by atoms with Crippen molar-refractivity contribution in [1.82, 2.24) is 0 Å². The Hall–Kier alpha value is -0.677. The van der Waals surface area contributed by atoms with Crippen molar-refractivity contribution in [3.63, 3.8) is 0 Å². The van der Waals surface area contributed by atoms with Gasteiger partial charge < -0.3 is 0 Å². The van der Waals surface area contributed by atoms with Crippen LogP contribution < -0.4 is 3.27 Å². The molecule has 0 aromatic heterocycles. The Labute approximate surface area is 150 Å². The molecule has 1 aliphatic rings. The molecule has 0 bridgehead atoms. The quantitative estimate of drug-likeness (QED) is 0.522. The molecule has 1 aliphatic carbocycles. The molecule has 0 fully saturated rings. The molecule has 2 aromatic rings. The van der Waals surface area contributed by atoms with Crippen LogP contribution in [0.1, 0.15) is 63.8 Å². The van der Waals surface area contributed by atoms with Gasteiger partial charge in [0.2, 0.25) is 0 Å². The fraction of sp³-hybridized carbons (Fsp3) is 0.429. The predicted molar refractivity (Wildman–Crippen MR) is 91.7 cm³/mol. The molecule has 0 spiro atoms. The topological polar surface area (TPSA) is 0 Å². The summed E-state index contributed by atoms with van der Waals surface area (Å²) in [7, 11) is 0. The van der Waals surface area contributed by atoms with E-state index in [1.165, 1.54) is 50.2 Å². The molecular weight excluding hydrogens is 343 g/mol. The van der Waals surface area contributed by atoms with Crippen LogP contribution in [0.2, 0.25) is 0 Å². The molecule has 0 amide bonds. The van der Waals surface area contributed by atoms with Gasteiger partial charge in [-0.15, -0.1) is 0 Å². The molecule has 0 heterocycles. The second-order valence-electron chi connectivity index (χ2n) is 8.56. The molecule has 0 saturated carbocycles. The zero-order valence-corrected chi connectivity index (χ0v) is 17.1. The third-order valence-corrected chi connectivity index (χ3v) is 5.84. The van der Waals surface area contributed by atoms with E-state index in [1.807, 2.05) is 0 Å². The van der Waals surface area contributed by atoms with E-state index in [4.69, 9.17) is 0 Å². The van der Waals surface area contributed by atoms with Gasteiger partial charge in [0.15, 0.2) is 0 Å². The maximum atomic E-state index is 2.45. The summed E-state index contributed by atoms with van der Waals surface area (Å²) in [6.07, 6.45) is 1.11. The van der Waals surface area contributed by atoms with Crippen molar-refractivity contribution < 1.29 is 24.7 Å². The summed E-state index contributed by atoms with van der Waals surface area (Å²) in [6.45, 7) is 13.9. The van der Waals surface area contributed by atoms with Crippen LogP contribution in [0, 0.1) is 0 Å². The number of fused-ring (bicyclic) bond motifs is 3. The molecular formula is C21H25Zr. The van der Waals surface area contributed by atoms with E-state index in [-0.39, 0.29) is 10.8 Å². The van der Waals surface area contributed by atoms with E-state index in [0.717, 1.165) is 6.42 Å². The summed E-state index contributed by atoms with van der Waals surface area (Å²) in [5.74, 6) is 0. The maximum absolute atomic E-state index is 2.45. The summed E-state index contributed by atoms with van der Waals surface area (Å²) in [4.78, 5) is 0. The molecule has 0 saturated heterocycles. The fourth-order valence-corrected chi connectivity index (χ4v) is 4.38. The monoisotopic (exact) mass is 367 g/mol. The minimum absolute atomic E-state index is 0.210. The van der Waals surface area contributed by atoms with Crippen LogP contribution in [0.3, 0.4) is 0 Å². The van der Waals surface area contributed by atoms with Crippen molar-refractivity contribution in [2.75, 3.05) is 0 Å². The van der Waals surface area contributed by atoms with E-state index >= 15 is 0 Å². The van der Waals surface area contributed by atoms with Crippen molar-refractivity contribution in [3.05, 3.63) is 52.6 Å². The summed E-state index contributed by atoms with van der Waals surface area (Å²) < 4.78 is 1.53. The number of benzene rings is 2. The number of hydrogen-bond acceptors (Lipinski definition) is 0. The van der Waals surface area contributed by atoms with Crippen LogP contribution in [-0.2, 0) is 42.0 Å². The van der Waals surface area contributed by atoms with Gasteiger partial charge in [-0.25, -0.2) is 0 Å². The molecule has 0 nitrogen and oxygen atoms in total. The third-order valence-electron chi connectivity index (χ3n) is 4.74. The molecule has 22 heavy (non-hydrogen) atoms. The van der Waals surface area contributed by atoms with Crippen molar-refractivity contribution in [1.29, 1.82) is 0 Å². The predicted octanol–water partition coefficient (Wildman–Crippen LogP) is 5.02. The molecule has 1 heteroatoms. The van der Waals surface area contributed by atoms with Gasteiger partial charge in [0.05, 0.1) is 0 Å². The van der Waals surface area contributed by atoms with Gasteiger partial charge in [-0.3, -0.25) is 0 Å². The van der Waals surface area contributed by atoms with Crippen LogP contribution in [-0.4, -0.2) is 0 Å². The van der Waals surface area contributed by atoms with Gasteiger partial charge in [-0.1, -0.05) is 0 Å². The van der Waals surface area contributed by atoms with Crippen LogP contribution >= 0.6 is 0 Å². The third kappa shape index (κ3) is 2.67. The minimum atomic E-state index is 0.210. The van der Waals surface area contributed by atoms with Crippen molar-refractivity contribution in [2.45, 2.75) is 58.8 Å². The zero-order valence-electron chi connectivity index (χ0n) is 14.6. The van der Waals surface area contributed by atoms with E-state index < -0.39 is 0 Å². The second-order valence-corrected chi connectivity index (χ2v) is 9.88. The molecule has 0 aliphatic heterocycles. The van der Waals surface area contributed by atoms with Crippen LogP contribution in [0.15, 0.2) is 30.3 Å². The second kappa shape index (κ2) is 5.17. The Morgan fingerprint density at radius 1 is 0.818 bits per heavy atom. The number of rotatable bonds is 0. The number of hydrogen-bond donors (Lipinski definition) is 0. The van der Waals surface area contributed by atoms with Crippen molar-refractivity contribution in [2.24, 2.45) is 0 Å². The van der Waals surface area contributed by atoms with Crippen LogP contribution in [0.5, 0.6) is 0 Å². The molecule has 0 N–H and O–H groups in total. The first-order valence-corrected chi connectivity index (χ1v) is 9.33. The summed E-state index contributed by atoms with van der Waals surface area (Å²) >= 11 is 1.53. The van der Waals surface area contributed by atoms with E-state index in [2.05, 4.69) is 71.9 Å². The summed E-state index contributed by atoms with van der Waals surface area (Å²) in [5, 5.41) is 0. The zero-order chi connectivity index (χ0) is 16.3. The summed E-state index contributed by atoms with van der Waals surface area (Å²) in [5.41, 5.74) is 9.47. The van der Waals surface area contributed by atoms with Gasteiger partial charge in [-0.05, 0) is 0 Å². The van der Waals surface area contributed by atoms with Gasteiger partial charge in [0.1, 0.15) is 0 Å². The SMILES string of the molecule is CC(C)(C)c1c[c]([Zr])c2c(c1)-c1cccc(C(C)(C)C)c1C2. The van der Waals surface area contributed by atoms with Gasteiger partial charge in [0, 0.05) is 0 Å². The van der Waals surface area contributed by atoms with E-state index in [0.29, 0.717) is 0 Å². The van der Waals surface area contributed by atoms with Crippen molar-refractivity contribution in [3.8, 4) is 11.1 Å². The first-order valence-electron chi connectivity index (χ1n) is 8.11. The van der Waals surface area contributed by atoms with E-state index in [9.17, 15) is 0 Å². The van der Waals surface area contributed by atoms with Crippen molar-refractivity contribution >= 4 is 3.27 Å². The molecule has 3 rings (SSSR count). The van der Waals surface area contributed by atoms with Gasteiger partial charge in [-0.2, -0.15) is 0 Å². The average molecular weight is 369 g/mol. The van der Waals surface area contributed by atoms with Crippen LogP contribution in [0.4, 0.5) is 0 Å². The average Bonchev–Trinajstić information content (AvgIpc) is 2.75. The Morgan fingerprint density at radius 2 is 1.50 bits per heavy atom. The Morgan fingerprint density at radius 3 is 2.09 bits per heavy atom. The Kier molecular flexibility index (Phi) is 3.80. The van der Waals surface area contributed by atoms with Gasteiger partial charge in [0.25, 0.3) is 0 Å². The Bertz CT molecular complexity index is 740. The first-order chi connectivity index (χ1) is 10.1. The Balaban J connectivity index is 2.24. The first kappa shape index (κ1) is 16.2. The molecule has 2 aromatic carbocycles. The molecule has 113 valence electrons. The standard InChI is InChI=1S/C21H25.Zr/c1-20(2,3)15-11-10-14-12-18-16(17(14)13-15)8-7-9-19(18)21(4,5)6;/h7-9,11,13H,12H2,1-6H3;. The van der Waals surface area contributed by atoms with Crippen LogP contribution in [0.25, 0.3) is 11.1 Å².